The van der Waals surface area contributed by atoms with Crippen LogP contribution in [0.25, 0.3) is 0 Å². The van der Waals surface area contributed by atoms with Gasteiger partial charge in [0, 0.05) is 12.0 Å². The van der Waals surface area contributed by atoms with Crippen LogP contribution in [0.3, 0.4) is 0 Å². The molecule has 0 radical (unpaired) electrons. The van der Waals surface area contributed by atoms with Gasteiger partial charge in [-0.2, -0.15) is 0 Å². The van der Waals surface area contributed by atoms with Crippen LogP contribution < -0.4 is 5.32 Å². The third kappa shape index (κ3) is 2.07. The standard InChI is InChI=1S/C10H19NO/c1-7(9(3)12)8(2)10-5-4-6-11-10/h7-8,10-11H,4-6H2,1-3H3. The van der Waals surface area contributed by atoms with Crippen molar-refractivity contribution in [2.75, 3.05) is 6.54 Å². The average molecular weight is 169 g/mol. The Labute approximate surface area is 74.7 Å². The number of carbonyl (C=O) groups is 1. The zero-order chi connectivity index (χ0) is 9.14. The summed E-state index contributed by atoms with van der Waals surface area (Å²) in [5, 5.41) is 3.44. The molecule has 1 aliphatic heterocycles. The monoisotopic (exact) mass is 169 g/mol. The molecule has 2 nitrogen and oxygen atoms in total. The number of Topliss-reactive ketones (excluding diaryl/α,β-unsaturated/α-hetero) is 1. The molecule has 1 fully saturated rings. The van der Waals surface area contributed by atoms with Crippen molar-refractivity contribution in [2.24, 2.45) is 11.8 Å². The first kappa shape index (κ1) is 9.72. The largest absolute Gasteiger partial charge is 0.314 e. The fraction of sp³-hybridized carbons (Fsp3) is 0.900. The predicted molar refractivity (Wildman–Crippen MR) is 50.0 cm³/mol. The van der Waals surface area contributed by atoms with E-state index in [2.05, 4.69) is 12.2 Å². The van der Waals surface area contributed by atoms with Gasteiger partial charge < -0.3 is 5.32 Å². The van der Waals surface area contributed by atoms with Crippen LogP contribution in [0, 0.1) is 11.8 Å². The molecule has 0 aromatic carbocycles. The molecular weight excluding hydrogens is 150 g/mol. The van der Waals surface area contributed by atoms with Gasteiger partial charge in [-0.05, 0) is 32.2 Å². The zero-order valence-electron chi connectivity index (χ0n) is 8.26. The summed E-state index contributed by atoms with van der Waals surface area (Å²) in [5.41, 5.74) is 0. The Morgan fingerprint density at radius 3 is 2.58 bits per heavy atom. The van der Waals surface area contributed by atoms with Crippen LogP contribution in [0.15, 0.2) is 0 Å². The van der Waals surface area contributed by atoms with E-state index in [4.69, 9.17) is 0 Å². The Morgan fingerprint density at radius 1 is 1.50 bits per heavy atom. The molecule has 70 valence electrons. The lowest BCUT2D eigenvalue weighted by Crippen LogP contribution is -2.34. The third-order valence-corrected chi connectivity index (χ3v) is 3.16. The molecule has 0 spiro atoms. The fourth-order valence-electron chi connectivity index (χ4n) is 1.88. The van der Waals surface area contributed by atoms with E-state index in [1.165, 1.54) is 12.8 Å². The highest BCUT2D eigenvalue weighted by molar-refractivity contribution is 5.78. The molecule has 3 atom stereocenters. The van der Waals surface area contributed by atoms with E-state index in [0.29, 0.717) is 17.7 Å². The number of hydrogen-bond acceptors (Lipinski definition) is 2. The molecule has 1 N–H and O–H groups in total. The summed E-state index contributed by atoms with van der Waals surface area (Å²) in [6.45, 7) is 7.03. The van der Waals surface area contributed by atoms with Crippen LogP contribution in [0.5, 0.6) is 0 Å². The smallest absolute Gasteiger partial charge is 0.132 e. The fourth-order valence-corrected chi connectivity index (χ4v) is 1.88. The minimum Gasteiger partial charge on any atom is -0.314 e. The summed E-state index contributed by atoms with van der Waals surface area (Å²) in [7, 11) is 0. The van der Waals surface area contributed by atoms with Gasteiger partial charge >= 0.3 is 0 Å². The third-order valence-electron chi connectivity index (χ3n) is 3.16. The molecule has 0 bridgehead atoms. The van der Waals surface area contributed by atoms with Crippen LogP contribution in [-0.4, -0.2) is 18.4 Å². The lowest BCUT2D eigenvalue weighted by molar-refractivity contribution is -0.121. The van der Waals surface area contributed by atoms with E-state index in [1.807, 2.05) is 6.92 Å². The molecule has 0 aromatic heterocycles. The molecule has 0 amide bonds. The first-order chi connectivity index (χ1) is 5.63. The minimum atomic E-state index is 0.209. The van der Waals surface area contributed by atoms with E-state index in [0.717, 1.165) is 6.54 Å². The maximum absolute atomic E-state index is 11.1. The Hall–Kier alpha value is -0.370. The van der Waals surface area contributed by atoms with Crippen molar-refractivity contribution in [3.63, 3.8) is 0 Å². The molecule has 1 heterocycles. The second-order valence-electron chi connectivity index (χ2n) is 3.96. The molecule has 0 saturated carbocycles. The van der Waals surface area contributed by atoms with Gasteiger partial charge in [0.2, 0.25) is 0 Å². The zero-order valence-corrected chi connectivity index (χ0v) is 8.26. The second-order valence-corrected chi connectivity index (χ2v) is 3.96. The molecule has 0 aromatic rings. The minimum absolute atomic E-state index is 0.209. The van der Waals surface area contributed by atoms with Crippen LogP contribution in [0.4, 0.5) is 0 Å². The van der Waals surface area contributed by atoms with Crippen molar-refractivity contribution >= 4 is 5.78 Å². The Kier molecular flexibility index (Phi) is 3.27. The molecule has 1 rings (SSSR count). The summed E-state index contributed by atoms with van der Waals surface area (Å²) in [6.07, 6.45) is 2.50. The Bertz CT molecular complexity index is 161. The normalized spacial score (nSPS) is 28.4. The van der Waals surface area contributed by atoms with E-state index in [1.54, 1.807) is 6.92 Å². The molecular formula is C10H19NO. The lowest BCUT2D eigenvalue weighted by atomic mass is 9.86. The maximum atomic E-state index is 11.1. The van der Waals surface area contributed by atoms with Crippen molar-refractivity contribution in [3.8, 4) is 0 Å². The first-order valence-corrected chi connectivity index (χ1v) is 4.86. The van der Waals surface area contributed by atoms with Crippen molar-refractivity contribution in [1.29, 1.82) is 0 Å². The van der Waals surface area contributed by atoms with Gasteiger partial charge in [0.15, 0.2) is 0 Å². The van der Waals surface area contributed by atoms with E-state index in [9.17, 15) is 4.79 Å². The Balaban J connectivity index is 2.44. The van der Waals surface area contributed by atoms with Gasteiger partial charge in [-0.15, -0.1) is 0 Å². The number of ketones is 1. The van der Waals surface area contributed by atoms with Gasteiger partial charge in [0.05, 0.1) is 0 Å². The van der Waals surface area contributed by atoms with Crippen molar-refractivity contribution in [1.82, 2.24) is 5.32 Å². The predicted octanol–water partition coefficient (Wildman–Crippen LogP) is 1.60. The number of rotatable bonds is 3. The molecule has 2 heteroatoms. The molecule has 0 aliphatic carbocycles. The topological polar surface area (TPSA) is 29.1 Å². The Morgan fingerprint density at radius 2 is 2.17 bits per heavy atom. The van der Waals surface area contributed by atoms with Gasteiger partial charge in [0.25, 0.3) is 0 Å². The van der Waals surface area contributed by atoms with Crippen molar-refractivity contribution in [3.05, 3.63) is 0 Å². The molecule has 12 heavy (non-hydrogen) atoms. The molecule has 1 aliphatic rings. The van der Waals surface area contributed by atoms with Crippen molar-refractivity contribution in [2.45, 2.75) is 39.7 Å². The van der Waals surface area contributed by atoms with Gasteiger partial charge in [-0.3, -0.25) is 4.79 Å². The van der Waals surface area contributed by atoms with Crippen LogP contribution in [-0.2, 0) is 4.79 Å². The summed E-state index contributed by atoms with van der Waals surface area (Å²) >= 11 is 0. The SMILES string of the molecule is CC(=O)C(C)C(C)C1CCCN1. The number of hydrogen-bond donors (Lipinski definition) is 1. The van der Waals surface area contributed by atoms with Gasteiger partial charge in [-0.1, -0.05) is 13.8 Å². The summed E-state index contributed by atoms with van der Waals surface area (Å²) in [6, 6.07) is 0.573. The van der Waals surface area contributed by atoms with E-state index in [-0.39, 0.29) is 5.92 Å². The first-order valence-electron chi connectivity index (χ1n) is 4.86. The summed E-state index contributed by atoms with van der Waals surface area (Å²) < 4.78 is 0. The molecule has 3 unspecified atom stereocenters. The highest BCUT2D eigenvalue weighted by Gasteiger charge is 2.27. The van der Waals surface area contributed by atoms with Crippen LogP contribution >= 0.6 is 0 Å². The van der Waals surface area contributed by atoms with Crippen molar-refractivity contribution < 1.29 is 4.79 Å². The van der Waals surface area contributed by atoms with E-state index >= 15 is 0 Å². The molecule has 1 saturated heterocycles. The summed E-state index contributed by atoms with van der Waals surface area (Å²) in [4.78, 5) is 11.1. The van der Waals surface area contributed by atoms with Crippen LogP contribution in [0.2, 0.25) is 0 Å². The summed E-state index contributed by atoms with van der Waals surface area (Å²) in [5.74, 6) is 1.02. The average Bonchev–Trinajstić information content (AvgIpc) is 2.53. The maximum Gasteiger partial charge on any atom is 0.132 e. The van der Waals surface area contributed by atoms with Gasteiger partial charge in [0.1, 0.15) is 5.78 Å². The number of carbonyl (C=O) groups excluding carboxylic acids is 1. The van der Waals surface area contributed by atoms with Crippen LogP contribution in [0.1, 0.15) is 33.6 Å². The second kappa shape index (κ2) is 4.04. The lowest BCUT2D eigenvalue weighted by Gasteiger charge is -2.23. The van der Waals surface area contributed by atoms with Gasteiger partial charge in [-0.25, -0.2) is 0 Å². The highest BCUT2D eigenvalue weighted by atomic mass is 16.1. The quantitative estimate of drug-likeness (QED) is 0.695. The highest BCUT2D eigenvalue weighted by Crippen LogP contribution is 2.22. The van der Waals surface area contributed by atoms with E-state index < -0.39 is 0 Å². The number of nitrogens with one attached hydrogen (secondary N) is 1.